The molecule has 100 valence electrons. The van der Waals surface area contributed by atoms with Gasteiger partial charge >= 0.3 is 0 Å². The molecule has 18 heavy (non-hydrogen) atoms. The first kappa shape index (κ1) is 14.0. The average molecular weight is 312 g/mol. The summed E-state index contributed by atoms with van der Waals surface area (Å²) in [5.41, 5.74) is 1.39. The van der Waals surface area contributed by atoms with Crippen molar-refractivity contribution in [3.63, 3.8) is 0 Å². The minimum Gasteiger partial charge on any atom is -0.310 e. The van der Waals surface area contributed by atoms with E-state index in [0.717, 1.165) is 42.8 Å². The van der Waals surface area contributed by atoms with Gasteiger partial charge in [-0.25, -0.2) is 0 Å². The third-order valence-electron chi connectivity index (χ3n) is 3.73. The lowest BCUT2D eigenvalue weighted by atomic mass is 9.98. The maximum Gasteiger partial charge on any atom is 0.0544 e. The highest BCUT2D eigenvalue weighted by Gasteiger charge is 2.26. The van der Waals surface area contributed by atoms with Gasteiger partial charge in [-0.15, -0.1) is 0 Å². The molecule has 0 saturated carbocycles. The van der Waals surface area contributed by atoms with Gasteiger partial charge in [0, 0.05) is 29.3 Å². The summed E-state index contributed by atoms with van der Waals surface area (Å²) < 4.78 is 1.04. The van der Waals surface area contributed by atoms with Crippen molar-refractivity contribution in [2.75, 3.05) is 19.6 Å². The zero-order chi connectivity index (χ0) is 13.0. The van der Waals surface area contributed by atoms with Gasteiger partial charge < -0.3 is 5.32 Å². The Morgan fingerprint density at radius 1 is 1.50 bits per heavy atom. The molecule has 3 nitrogen and oxygen atoms in total. The molecule has 2 heterocycles. The molecule has 0 bridgehead atoms. The van der Waals surface area contributed by atoms with E-state index in [1.165, 1.54) is 6.42 Å². The van der Waals surface area contributed by atoms with Gasteiger partial charge in [0.05, 0.1) is 5.69 Å². The number of hydrogen-bond donors (Lipinski definition) is 1. The maximum atomic E-state index is 4.47. The first-order chi connectivity index (χ1) is 8.61. The smallest absolute Gasteiger partial charge is 0.0544 e. The van der Waals surface area contributed by atoms with Crippen molar-refractivity contribution in [2.45, 2.75) is 38.8 Å². The van der Waals surface area contributed by atoms with E-state index in [4.69, 9.17) is 0 Å². The van der Waals surface area contributed by atoms with Crippen LogP contribution in [0.1, 0.15) is 32.4 Å². The lowest BCUT2D eigenvalue weighted by Crippen LogP contribution is -2.48. The molecule has 0 radical (unpaired) electrons. The van der Waals surface area contributed by atoms with Crippen molar-refractivity contribution in [1.82, 2.24) is 15.2 Å². The Bertz CT molecular complexity index is 379. The van der Waals surface area contributed by atoms with E-state index in [1.54, 1.807) is 0 Å². The van der Waals surface area contributed by atoms with Crippen LogP contribution in [0.4, 0.5) is 0 Å². The quantitative estimate of drug-likeness (QED) is 0.930. The molecule has 1 aliphatic rings. The van der Waals surface area contributed by atoms with Crippen LogP contribution in [0.2, 0.25) is 0 Å². The number of pyridine rings is 1. The maximum absolute atomic E-state index is 4.47. The molecular formula is C14H22BrN3. The first-order valence-electron chi connectivity index (χ1n) is 6.69. The molecule has 4 heteroatoms. The Hall–Kier alpha value is -0.450. The summed E-state index contributed by atoms with van der Waals surface area (Å²) in [5, 5.41) is 3.66. The molecule has 0 spiro atoms. The van der Waals surface area contributed by atoms with Crippen LogP contribution in [0.5, 0.6) is 0 Å². The van der Waals surface area contributed by atoms with Crippen LogP contribution in [0.15, 0.2) is 22.8 Å². The second-order valence-electron chi connectivity index (χ2n) is 5.37. The van der Waals surface area contributed by atoms with E-state index in [0.29, 0.717) is 0 Å². The number of hydrogen-bond acceptors (Lipinski definition) is 3. The highest BCUT2D eigenvalue weighted by molar-refractivity contribution is 9.10. The Kier molecular flexibility index (Phi) is 4.76. The Morgan fingerprint density at radius 2 is 2.33 bits per heavy atom. The van der Waals surface area contributed by atoms with E-state index < -0.39 is 0 Å². The van der Waals surface area contributed by atoms with Gasteiger partial charge in [-0.1, -0.05) is 6.92 Å². The van der Waals surface area contributed by atoms with Crippen LogP contribution < -0.4 is 5.32 Å². The van der Waals surface area contributed by atoms with Crippen molar-refractivity contribution in [3.05, 3.63) is 28.5 Å². The number of nitrogens with zero attached hydrogens (tertiary/aromatic N) is 2. The minimum absolute atomic E-state index is 0.242. The van der Waals surface area contributed by atoms with Crippen molar-refractivity contribution in [2.24, 2.45) is 0 Å². The van der Waals surface area contributed by atoms with Crippen LogP contribution in [-0.4, -0.2) is 35.1 Å². The summed E-state index contributed by atoms with van der Waals surface area (Å²) in [6.07, 6.45) is 4.26. The molecule has 2 rings (SSSR count). The number of rotatable bonds is 3. The number of aromatic nitrogens is 1. The third kappa shape index (κ3) is 3.77. The molecule has 1 aliphatic heterocycles. The molecule has 1 atom stereocenters. The Balaban J connectivity index is 2.01. The largest absolute Gasteiger partial charge is 0.310 e. The highest BCUT2D eigenvalue weighted by Crippen LogP contribution is 2.17. The molecule has 1 aromatic rings. The van der Waals surface area contributed by atoms with Gasteiger partial charge in [0.15, 0.2) is 0 Å². The summed E-state index contributed by atoms with van der Waals surface area (Å²) in [6.45, 7) is 8.90. The van der Waals surface area contributed by atoms with Gasteiger partial charge in [0.2, 0.25) is 0 Å². The molecule has 1 fully saturated rings. The highest BCUT2D eigenvalue weighted by atomic mass is 79.9. The van der Waals surface area contributed by atoms with Gasteiger partial charge in [0.25, 0.3) is 0 Å². The molecule has 0 aromatic carbocycles. The normalized spacial score (nSPS) is 25.9. The van der Waals surface area contributed by atoms with Crippen LogP contribution in [0.25, 0.3) is 0 Å². The molecular weight excluding hydrogens is 290 g/mol. The van der Waals surface area contributed by atoms with E-state index in [9.17, 15) is 0 Å². The molecule has 1 unspecified atom stereocenters. The lowest BCUT2D eigenvalue weighted by Gasteiger charge is -2.32. The van der Waals surface area contributed by atoms with E-state index in [1.807, 2.05) is 6.20 Å². The van der Waals surface area contributed by atoms with Crippen LogP contribution in [0, 0.1) is 0 Å². The number of nitrogens with one attached hydrogen (secondary N) is 1. The zero-order valence-corrected chi connectivity index (χ0v) is 12.8. The van der Waals surface area contributed by atoms with Gasteiger partial charge in [-0.3, -0.25) is 9.88 Å². The molecule has 0 amide bonds. The lowest BCUT2D eigenvalue weighted by molar-refractivity contribution is 0.206. The monoisotopic (exact) mass is 311 g/mol. The van der Waals surface area contributed by atoms with Crippen LogP contribution in [-0.2, 0) is 6.54 Å². The fourth-order valence-corrected chi connectivity index (χ4v) is 2.66. The Morgan fingerprint density at radius 3 is 3.00 bits per heavy atom. The first-order valence-corrected chi connectivity index (χ1v) is 7.48. The zero-order valence-electron chi connectivity index (χ0n) is 11.2. The van der Waals surface area contributed by atoms with E-state index in [2.05, 4.69) is 57.1 Å². The van der Waals surface area contributed by atoms with Gasteiger partial charge in [-0.2, -0.15) is 0 Å². The van der Waals surface area contributed by atoms with Crippen molar-refractivity contribution < 1.29 is 0 Å². The van der Waals surface area contributed by atoms with E-state index in [-0.39, 0.29) is 5.54 Å². The van der Waals surface area contributed by atoms with Crippen molar-refractivity contribution >= 4 is 15.9 Å². The summed E-state index contributed by atoms with van der Waals surface area (Å²) in [4.78, 5) is 6.98. The van der Waals surface area contributed by atoms with Gasteiger partial charge in [0.1, 0.15) is 0 Å². The second-order valence-corrected chi connectivity index (χ2v) is 6.29. The van der Waals surface area contributed by atoms with Crippen LogP contribution in [0.3, 0.4) is 0 Å². The Labute approximate surface area is 118 Å². The predicted molar refractivity (Wildman–Crippen MR) is 78.5 cm³/mol. The number of halogens is 1. The summed E-state index contributed by atoms with van der Waals surface area (Å²) in [5.74, 6) is 0. The average Bonchev–Trinajstić information content (AvgIpc) is 2.55. The summed E-state index contributed by atoms with van der Waals surface area (Å²) in [7, 11) is 0. The molecule has 1 saturated heterocycles. The van der Waals surface area contributed by atoms with Crippen molar-refractivity contribution in [3.8, 4) is 0 Å². The summed E-state index contributed by atoms with van der Waals surface area (Å²) in [6, 6.07) is 4.17. The minimum atomic E-state index is 0.242. The molecule has 0 aliphatic carbocycles. The fourth-order valence-electron chi connectivity index (χ4n) is 2.42. The van der Waals surface area contributed by atoms with Gasteiger partial charge in [-0.05, 0) is 60.9 Å². The molecule has 1 aromatic heterocycles. The summed E-state index contributed by atoms with van der Waals surface area (Å²) >= 11 is 3.43. The van der Waals surface area contributed by atoms with Crippen LogP contribution >= 0.6 is 15.9 Å². The second kappa shape index (κ2) is 6.13. The van der Waals surface area contributed by atoms with E-state index >= 15 is 0 Å². The SMILES string of the molecule is CCC1(C)CN(Cc2ccc(Br)cn2)CCCN1. The van der Waals surface area contributed by atoms with Crippen molar-refractivity contribution in [1.29, 1.82) is 0 Å². The standard InChI is InChI=1S/C14H22BrN3/c1-3-14(2)11-18(8-4-7-17-14)10-13-6-5-12(15)9-16-13/h5-6,9,17H,3-4,7-8,10-11H2,1-2H3. The topological polar surface area (TPSA) is 28.2 Å². The predicted octanol–water partition coefficient (Wildman–Crippen LogP) is 2.81. The fraction of sp³-hybridized carbons (Fsp3) is 0.643. The molecule has 1 N–H and O–H groups in total. The third-order valence-corrected chi connectivity index (χ3v) is 4.20.